The minimum Gasteiger partial charge on any atom is -0.357 e. The Morgan fingerprint density at radius 2 is 1.88 bits per heavy atom. The van der Waals surface area contributed by atoms with Crippen LogP contribution in [0, 0.1) is 5.92 Å². The van der Waals surface area contributed by atoms with E-state index in [-0.39, 0.29) is 35.8 Å². The number of sulfone groups is 1. The van der Waals surface area contributed by atoms with Gasteiger partial charge < -0.3 is 15.5 Å². The van der Waals surface area contributed by atoms with Gasteiger partial charge in [-0.3, -0.25) is 4.99 Å². The molecule has 1 heterocycles. The van der Waals surface area contributed by atoms with Crippen molar-refractivity contribution in [3.8, 4) is 0 Å². The lowest BCUT2D eigenvalue weighted by Gasteiger charge is -2.21. The van der Waals surface area contributed by atoms with Crippen LogP contribution >= 0.6 is 24.0 Å². The van der Waals surface area contributed by atoms with Crippen LogP contribution in [0.4, 0.5) is 0 Å². The molecule has 0 aliphatic carbocycles. The summed E-state index contributed by atoms with van der Waals surface area (Å²) in [5, 5.41) is 6.54. The van der Waals surface area contributed by atoms with Crippen LogP contribution in [0.25, 0.3) is 0 Å². The van der Waals surface area contributed by atoms with Gasteiger partial charge in [-0.2, -0.15) is 0 Å². The number of rotatable bonds is 9. The third kappa shape index (κ3) is 11.5. The minimum absolute atomic E-state index is 0. The standard InChI is InChI=1S/C16H34N4O2S.HI/c1-5-17-16(19-15(3)8-11-23(4,21)22)18-12-14(2)13-20-9-6-7-10-20;/h14-15H,5-13H2,1-4H3,(H2,17,18,19);1H. The Morgan fingerprint density at radius 3 is 2.42 bits per heavy atom. The number of hydrogen-bond acceptors (Lipinski definition) is 4. The van der Waals surface area contributed by atoms with E-state index in [0.717, 1.165) is 25.6 Å². The highest BCUT2D eigenvalue weighted by Crippen LogP contribution is 2.10. The molecular weight excluding hydrogens is 439 g/mol. The Labute approximate surface area is 165 Å². The quantitative estimate of drug-likeness (QED) is 0.303. The van der Waals surface area contributed by atoms with Crippen LogP contribution in [0.3, 0.4) is 0 Å². The van der Waals surface area contributed by atoms with Gasteiger partial charge in [-0.1, -0.05) is 6.92 Å². The van der Waals surface area contributed by atoms with Crippen molar-refractivity contribution in [1.29, 1.82) is 0 Å². The van der Waals surface area contributed by atoms with Gasteiger partial charge >= 0.3 is 0 Å². The fourth-order valence-corrected chi connectivity index (χ4v) is 3.51. The maximum Gasteiger partial charge on any atom is 0.191 e. The molecule has 0 amide bonds. The predicted octanol–water partition coefficient (Wildman–Crippen LogP) is 1.71. The van der Waals surface area contributed by atoms with Gasteiger partial charge in [0.15, 0.2) is 5.96 Å². The molecule has 1 rings (SSSR count). The lowest BCUT2D eigenvalue weighted by Crippen LogP contribution is -2.43. The number of likely N-dealkylation sites (tertiary alicyclic amines) is 1. The highest BCUT2D eigenvalue weighted by Gasteiger charge is 2.15. The Hall–Kier alpha value is -0.0900. The lowest BCUT2D eigenvalue weighted by atomic mass is 10.2. The fraction of sp³-hybridized carbons (Fsp3) is 0.938. The second kappa shape index (κ2) is 12.3. The van der Waals surface area contributed by atoms with E-state index < -0.39 is 9.84 Å². The summed E-state index contributed by atoms with van der Waals surface area (Å²) in [6.07, 6.45) is 4.50. The molecule has 6 nitrogen and oxygen atoms in total. The molecule has 1 saturated heterocycles. The molecular formula is C16H35IN4O2S. The molecule has 0 radical (unpaired) electrons. The first kappa shape index (κ1) is 23.9. The summed E-state index contributed by atoms with van der Waals surface area (Å²) in [6, 6.07) is 0.0800. The van der Waals surface area contributed by atoms with Crippen molar-refractivity contribution in [1.82, 2.24) is 15.5 Å². The second-order valence-electron chi connectivity index (χ2n) is 6.80. The van der Waals surface area contributed by atoms with Crippen LogP contribution in [0.2, 0.25) is 0 Å². The molecule has 0 saturated carbocycles. The Morgan fingerprint density at radius 1 is 1.25 bits per heavy atom. The number of guanidine groups is 1. The smallest absolute Gasteiger partial charge is 0.191 e. The molecule has 1 aliphatic heterocycles. The summed E-state index contributed by atoms with van der Waals surface area (Å²) >= 11 is 0. The van der Waals surface area contributed by atoms with Crippen molar-refractivity contribution in [2.45, 2.75) is 46.1 Å². The number of hydrogen-bond donors (Lipinski definition) is 2. The molecule has 0 aromatic rings. The predicted molar refractivity (Wildman–Crippen MR) is 113 cm³/mol. The summed E-state index contributed by atoms with van der Waals surface area (Å²) in [4.78, 5) is 7.17. The first-order chi connectivity index (χ1) is 10.8. The average molecular weight is 474 g/mol. The van der Waals surface area contributed by atoms with Crippen molar-refractivity contribution in [2.75, 3.05) is 44.7 Å². The van der Waals surface area contributed by atoms with Gasteiger partial charge in [0.25, 0.3) is 0 Å². The summed E-state index contributed by atoms with van der Waals surface area (Å²) < 4.78 is 22.5. The summed E-state index contributed by atoms with van der Waals surface area (Å²) in [7, 11) is -2.91. The highest BCUT2D eigenvalue weighted by molar-refractivity contribution is 14.0. The Kier molecular flexibility index (Phi) is 12.2. The summed E-state index contributed by atoms with van der Waals surface area (Å²) in [6.45, 7) is 11.4. The van der Waals surface area contributed by atoms with Crippen molar-refractivity contribution in [2.24, 2.45) is 10.9 Å². The molecule has 2 N–H and O–H groups in total. The van der Waals surface area contributed by atoms with Crippen molar-refractivity contribution < 1.29 is 8.42 Å². The van der Waals surface area contributed by atoms with Gasteiger partial charge in [0.05, 0.1) is 5.75 Å². The van der Waals surface area contributed by atoms with E-state index in [1.807, 2.05) is 13.8 Å². The fourth-order valence-electron chi connectivity index (χ4n) is 2.73. The molecule has 0 spiro atoms. The van der Waals surface area contributed by atoms with Crippen LogP contribution < -0.4 is 10.6 Å². The maximum absolute atomic E-state index is 11.2. The number of nitrogens with one attached hydrogen (secondary N) is 2. The molecule has 0 aromatic heterocycles. The topological polar surface area (TPSA) is 73.8 Å². The third-order valence-electron chi connectivity index (χ3n) is 3.98. The summed E-state index contributed by atoms with van der Waals surface area (Å²) in [5.41, 5.74) is 0. The molecule has 0 bridgehead atoms. The molecule has 8 heteroatoms. The first-order valence-electron chi connectivity index (χ1n) is 8.75. The van der Waals surface area contributed by atoms with E-state index in [4.69, 9.17) is 0 Å². The van der Waals surface area contributed by atoms with E-state index in [1.165, 1.54) is 32.2 Å². The number of halogens is 1. The van der Waals surface area contributed by atoms with Crippen molar-refractivity contribution in [3.05, 3.63) is 0 Å². The molecule has 144 valence electrons. The van der Waals surface area contributed by atoms with Crippen LogP contribution in [0.15, 0.2) is 4.99 Å². The molecule has 1 fully saturated rings. The lowest BCUT2D eigenvalue weighted by molar-refractivity contribution is 0.291. The normalized spacial score (nSPS) is 18.8. The van der Waals surface area contributed by atoms with Gasteiger partial charge in [0.2, 0.25) is 0 Å². The van der Waals surface area contributed by atoms with E-state index >= 15 is 0 Å². The molecule has 2 unspecified atom stereocenters. The number of aliphatic imine (C=N–C) groups is 1. The van der Waals surface area contributed by atoms with Gasteiger partial charge in [-0.25, -0.2) is 8.42 Å². The Bertz CT molecular complexity index is 465. The minimum atomic E-state index is -2.91. The average Bonchev–Trinajstić information content (AvgIpc) is 2.95. The zero-order valence-corrected chi connectivity index (χ0v) is 18.7. The second-order valence-corrected chi connectivity index (χ2v) is 9.06. The van der Waals surface area contributed by atoms with Gasteiger partial charge in [-0.15, -0.1) is 24.0 Å². The van der Waals surface area contributed by atoms with Gasteiger partial charge in [0, 0.05) is 31.9 Å². The van der Waals surface area contributed by atoms with E-state index in [0.29, 0.717) is 12.3 Å². The van der Waals surface area contributed by atoms with Crippen LogP contribution in [0.1, 0.15) is 40.0 Å². The van der Waals surface area contributed by atoms with Crippen LogP contribution in [0.5, 0.6) is 0 Å². The SMILES string of the molecule is CCNC(=NCC(C)CN1CCCC1)NC(C)CCS(C)(=O)=O.I. The zero-order chi connectivity index (χ0) is 17.3. The van der Waals surface area contributed by atoms with Crippen LogP contribution in [-0.4, -0.2) is 70.1 Å². The van der Waals surface area contributed by atoms with Crippen molar-refractivity contribution >= 4 is 39.8 Å². The molecule has 0 aromatic carbocycles. The number of nitrogens with zero attached hydrogens (tertiary/aromatic N) is 2. The van der Waals surface area contributed by atoms with E-state index in [1.54, 1.807) is 0 Å². The monoisotopic (exact) mass is 474 g/mol. The van der Waals surface area contributed by atoms with E-state index in [2.05, 4.69) is 27.4 Å². The molecule has 2 atom stereocenters. The van der Waals surface area contributed by atoms with Crippen LogP contribution in [-0.2, 0) is 9.84 Å². The molecule has 24 heavy (non-hydrogen) atoms. The summed E-state index contributed by atoms with van der Waals surface area (Å²) in [5.74, 6) is 1.50. The zero-order valence-electron chi connectivity index (χ0n) is 15.5. The first-order valence-corrected chi connectivity index (χ1v) is 10.8. The maximum atomic E-state index is 11.2. The third-order valence-corrected chi connectivity index (χ3v) is 4.96. The van der Waals surface area contributed by atoms with E-state index in [9.17, 15) is 8.42 Å². The van der Waals surface area contributed by atoms with Gasteiger partial charge in [0.1, 0.15) is 9.84 Å². The largest absolute Gasteiger partial charge is 0.357 e. The van der Waals surface area contributed by atoms with Gasteiger partial charge in [-0.05, 0) is 52.1 Å². The Balaban J connectivity index is 0.00000529. The van der Waals surface area contributed by atoms with Crippen molar-refractivity contribution in [3.63, 3.8) is 0 Å². The molecule has 1 aliphatic rings. The highest BCUT2D eigenvalue weighted by atomic mass is 127.